The molecule has 0 aromatic heterocycles. The number of carbonyl (C=O) groups excluding carboxylic acids is 1. The van der Waals surface area contributed by atoms with Gasteiger partial charge in [0.1, 0.15) is 10.1 Å². The maximum absolute atomic E-state index is 12.6. The van der Waals surface area contributed by atoms with E-state index >= 15 is 0 Å². The van der Waals surface area contributed by atoms with E-state index in [4.69, 9.17) is 34.8 Å². The summed E-state index contributed by atoms with van der Waals surface area (Å²) in [5.41, 5.74) is -0.522. The third-order valence-electron chi connectivity index (χ3n) is 6.72. The molecule has 4 heteroatoms. The van der Waals surface area contributed by atoms with Gasteiger partial charge >= 0.3 is 0 Å². The van der Waals surface area contributed by atoms with Crippen LogP contribution in [0.2, 0.25) is 0 Å². The molecule has 0 saturated carbocycles. The fourth-order valence-corrected chi connectivity index (χ4v) is 5.65. The van der Waals surface area contributed by atoms with Crippen molar-refractivity contribution in [1.82, 2.24) is 0 Å². The predicted molar refractivity (Wildman–Crippen MR) is 137 cm³/mol. The molecule has 0 bridgehead atoms. The first-order valence-electron chi connectivity index (χ1n) is 12.5. The third-order valence-corrected chi connectivity index (χ3v) is 8.33. The van der Waals surface area contributed by atoms with Crippen LogP contribution in [0.15, 0.2) is 0 Å². The topological polar surface area (TPSA) is 17.1 Å². The van der Waals surface area contributed by atoms with Crippen LogP contribution in [0.25, 0.3) is 0 Å². The fraction of sp³-hybridized carbons (Fsp3) is 0.962. The highest BCUT2D eigenvalue weighted by Gasteiger charge is 2.43. The van der Waals surface area contributed by atoms with Gasteiger partial charge in [-0.3, -0.25) is 4.79 Å². The Bertz CT molecular complexity index is 452. The van der Waals surface area contributed by atoms with Gasteiger partial charge in [-0.1, -0.05) is 128 Å². The van der Waals surface area contributed by atoms with Crippen LogP contribution in [0, 0.1) is 17.3 Å². The number of hydrogen-bond donors (Lipinski definition) is 0. The van der Waals surface area contributed by atoms with Crippen LogP contribution in [0.5, 0.6) is 0 Å². The van der Waals surface area contributed by atoms with E-state index in [0.717, 1.165) is 31.6 Å². The van der Waals surface area contributed by atoms with Gasteiger partial charge in [0.05, 0.1) is 5.38 Å². The Morgan fingerprint density at radius 1 is 0.800 bits per heavy atom. The summed E-state index contributed by atoms with van der Waals surface area (Å²) in [7, 11) is 0. The zero-order valence-corrected chi connectivity index (χ0v) is 22.9. The van der Waals surface area contributed by atoms with Crippen LogP contribution in [-0.4, -0.2) is 15.5 Å². The Balaban J connectivity index is 4.63. The molecule has 0 spiro atoms. The Morgan fingerprint density at radius 2 is 1.37 bits per heavy atom. The Hall–Kier alpha value is 0.540. The van der Waals surface area contributed by atoms with Crippen molar-refractivity contribution in [2.24, 2.45) is 17.3 Å². The van der Waals surface area contributed by atoms with Crippen molar-refractivity contribution in [3.63, 3.8) is 0 Å². The molecule has 4 unspecified atom stereocenters. The van der Waals surface area contributed by atoms with Crippen molar-refractivity contribution in [2.75, 3.05) is 0 Å². The molecule has 0 N–H and O–H groups in total. The number of unbranched alkanes of at least 4 members (excludes halogenated alkanes) is 5. The number of rotatable bonds is 19. The van der Waals surface area contributed by atoms with Gasteiger partial charge < -0.3 is 0 Å². The van der Waals surface area contributed by atoms with Crippen LogP contribution >= 0.6 is 34.8 Å². The van der Waals surface area contributed by atoms with Crippen LogP contribution in [-0.2, 0) is 4.79 Å². The average Bonchev–Trinajstić information content (AvgIpc) is 2.63. The number of ketones is 1. The highest BCUT2D eigenvalue weighted by atomic mass is 35.5. The molecule has 0 heterocycles. The lowest BCUT2D eigenvalue weighted by molar-refractivity contribution is -0.127. The standard InChI is InChI=1S/C26H49Cl3O/c1-7-9-10-11-12-13-18-24(27)26(28,29)20-25(6,23(5)30)19-22(4)17-14-16-21(3)15-8-2/h21-22,24H,7-20H2,1-6H3. The molecule has 0 aliphatic heterocycles. The van der Waals surface area contributed by atoms with Gasteiger partial charge in [0.25, 0.3) is 0 Å². The minimum absolute atomic E-state index is 0.169. The smallest absolute Gasteiger partial charge is 0.135 e. The van der Waals surface area contributed by atoms with E-state index in [-0.39, 0.29) is 11.2 Å². The van der Waals surface area contributed by atoms with Crippen molar-refractivity contribution >= 4 is 40.6 Å². The lowest BCUT2D eigenvalue weighted by atomic mass is 9.73. The summed E-state index contributed by atoms with van der Waals surface area (Å²) in [6, 6.07) is 0. The van der Waals surface area contributed by atoms with Crippen LogP contribution in [0.3, 0.4) is 0 Å². The van der Waals surface area contributed by atoms with Crippen molar-refractivity contribution in [2.45, 2.75) is 141 Å². The van der Waals surface area contributed by atoms with E-state index in [1.165, 1.54) is 57.8 Å². The average molecular weight is 484 g/mol. The molecule has 0 rings (SSSR count). The van der Waals surface area contributed by atoms with Crippen LogP contribution < -0.4 is 0 Å². The van der Waals surface area contributed by atoms with E-state index < -0.39 is 9.75 Å². The fourth-order valence-electron chi connectivity index (χ4n) is 4.61. The summed E-state index contributed by atoms with van der Waals surface area (Å²) < 4.78 is -1.07. The zero-order valence-electron chi connectivity index (χ0n) is 20.7. The first-order valence-corrected chi connectivity index (χ1v) is 13.7. The van der Waals surface area contributed by atoms with E-state index in [1.54, 1.807) is 6.92 Å². The summed E-state index contributed by atoms with van der Waals surface area (Å²) in [6.07, 6.45) is 15.6. The number of Topliss-reactive ketones (excluding diaryl/α,β-unsaturated/α-hetero) is 1. The Morgan fingerprint density at radius 3 is 1.93 bits per heavy atom. The lowest BCUT2D eigenvalue weighted by Crippen LogP contribution is -2.38. The summed E-state index contributed by atoms with van der Waals surface area (Å²) in [6.45, 7) is 12.8. The monoisotopic (exact) mass is 482 g/mol. The summed E-state index contributed by atoms with van der Waals surface area (Å²) >= 11 is 20.1. The first-order chi connectivity index (χ1) is 14.0. The second-order valence-electron chi connectivity index (χ2n) is 10.2. The third kappa shape index (κ3) is 13.2. The van der Waals surface area contributed by atoms with E-state index in [9.17, 15) is 4.79 Å². The first kappa shape index (κ1) is 30.5. The van der Waals surface area contributed by atoms with Gasteiger partial charge in [-0.2, -0.15) is 0 Å². The van der Waals surface area contributed by atoms with E-state index in [0.29, 0.717) is 12.3 Å². The quantitative estimate of drug-likeness (QED) is 0.132. The molecule has 0 radical (unpaired) electrons. The number of halogens is 3. The lowest BCUT2D eigenvalue weighted by Gasteiger charge is -2.37. The highest BCUT2D eigenvalue weighted by molar-refractivity contribution is 6.52. The second kappa shape index (κ2) is 16.2. The molecule has 180 valence electrons. The van der Waals surface area contributed by atoms with Crippen LogP contribution in [0.4, 0.5) is 0 Å². The van der Waals surface area contributed by atoms with Gasteiger partial charge in [0, 0.05) is 5.41 Å². The minimum Gasteiger partial charge on any atom is -0.299 e. The largest absolute Gasteiger partial charge is 0.299 e. The second-order valence-corrected chi connectivity index (χ2v) is 12.3. The van der Waals surface area contributed by atoms with Gasteiger partial charge in [-0.25, -0.2) is 0 Å². The maximum Gasteiger partial charge on any atom is 0.135 e. The van der Waals surface area contributed by atoms with Crippen molar-refractivity contribution in [3.05, 3.63) is 0 Å². The van der Waals surface area contributed by atoms with Crippen molar-refractivity contribution in [1.29, 1.82) is 0 Å². The molecule has 30 heavy (non-hydrogen) atoms. The molecule has 0 aromatic rings. The van der Waals surface area contributed by atoms with Gasteiger partial charge in [-0.05, 0) is 38.0 Å². The Labute approximate surface area is 203 Å². The van der Waals surface area contributed by atoms with Gasteiger partial charge in [0.15, 0.2) is 0 Å². The molecule has 0 aliphatic rings. The number of carbonyl (C=O) groups is 1. The molecule has 0 aliphatic carbocycles. The molecule has 0 fully saturated rings. The number of alkyl halides is 3. The molecule has 4 atom stereocenters. The summed E-state index contributed by atoms with van der Waals surface area (Å²) in [4.78, 5) is 12.6. The Kier molecular flexibility index (Phi) is 16.5. The molecule has 0 aromatic carbocycles. The van der Waals surface area contributed by atoms with Gasteiger partial charge in [-0.15, -0.1) is 11.6 Å². The zero-order chi connectivity index (χ0) is 23.2. The molecule has 1 nitrogen and oxygen atoms in total. The SMILES string of the molecule is CCCCCCCCC(Cl)C(Cl)(Cl)CC(C)(CC(C)CCCC(C)CCC)C(C)=O. The predicted octanol–water partition coefficient (Wildman–Crippen LogP) is 10.1. The number of hydrogen-bond acceptors (Lipinski definition) is 1. The van der Waals surface area contributed by atoms with Crippen LogP contribution in [0.1, 0.15) is 131 Å². The normalized spacial score (nSPS) is 17.4. The molecular weight excluding hydrogens is 435 g/mol. The van der Waals surface area contributed by atoms with E-state index in [2.05, 4.69) is 27.7 Å². The van der Waals surface area contributed by atoms with E-state index in [1.807, 2.05) is 6.92 Å². The summed E-state index contributed by atoms with van der Waals surface area (Å²) in [5, 5.41) is -0.323. The van der Waals surface area contributed by atoms with Crippen molar-refractivity contribution < 1.29 is 4.79 Å². The molecule has 0 amide bonds. The minimum atomic E-state index is -1.07. The molecular formula is C26H49Cl3O. The summed E-state index contributed by atoms with van der Waals surface area (Å²) in [5.74, 6) is 1.44. The molecule has 0 saturated heterocycles. The highest BCUT2D eigenvalue weighted by Crippen LogP contribution is 2.46. The maximum atomic E-state index is 12.6. The van der Waals surface area contributed by atoms with Crippen molar-refractivity contribution in [3.8, 4) is 0 Å². The van der Waals surface area contributed by atoms with Gasteiger partial charge in [0.2, 0.25) is 0 Å².